The third-order valence-corrected chi connectivity index (χ3v) is 3.38. The maximum atomic E-state index is 9.64. The molecule has 0 saturated heterocycles. The van der Waals surface area contributed by atoms with Crippen molar-refractivity contribution in [3.63, 3.8) is 0 Å². The Morgan fingerprint density at radius 2 is 2.06 bits per heavy atom. The quantitative estimate of drug-likeness (QED) is 0.824. The van der Waals surface area contributed by atoms with Gasteiger partial charge < -0.3 is 15.2 Å². The van der Waals surface area contributed by atoms with Crippen molar-refractivity contribution in [3.05, 3.63) is 29.3 Å². The van der Waals surface area contributed by atoms with Crippen molar-refractivity contribution in [1.82, 2.24) is 0 Å². The van der Waals surface area contributed by atoms with Crippen molar-refractivity contribution >= 4 is 17.3 Å². The molecule has 0 amide bonds. The number of rotatable bonds is 6. The van der Waals surface area contributed by atoms with Gasteiger partial charge in [0.15, 0.2) is 0 Å². The zero-order valence-corrected chi connectivity index (χ0v) is 11.3. The molecular weight excluding hydrogens is 238 g/mol. The summed E-state index contributed by atoms with van der Waals surface area (Å²) in [5.41, 5.74) is 0.300. The third-order valence-electron chi connectivity index (χ3n) is 3.05. The Bertz CT molecular complexity index is 357. The molecule has 0 fully saturated rings. The van der Waals surface area contributed by atoms with E-state index in [0.29, 0.717) is 11.6 Å². The Morgan fingerprint density at radius 1 is 1.41 bits per heavy atom. The van der Waals surface area contributed by atoms with Gasteiger partial charge in [0.2, 0.25) is 0 Å². The van der Waals surface area contributed by atoms with Crippen LogP contribution in [0, 0.1) is 5.92 Å². The molecular formula is C13H20ClNO2. The molecule has 3 nitrogen and oxygen atoms in total. The lowest BCUT2D eigenvalue weighted by Gasteiger charge is -2.37. The minimum absolute atomic E-state index is 0.0102. The van der Waals surface area contributed by atoms with Gasteiger partial charge in [-0.25, -0.2) is 0 Å². The number of hydrogen-bond acceptors (Lipinski definition) is 3. The van der Waals surface area contributed by atoms with E-state index in [1.165, 1.54) is 0 Å². The van der Waals surface area contributed by atoms with Gasteiger partial charge in [0, 0.05) is 7.11 Å². The molecule has 0 saturated carbocycles. The summed E-state index contributed by atoms with van der Waals surface area (Å²) in [5, 5.41) is 13.6. The molecule has 2 N–H and O–H groups in total. The van der Waals surface area contributed by atoms with Crippen LogP contribution in [0.2, 0.25) is 5.02 Å². The van der Waals surface area contributed by atoms with E-state index < -0.39 is 5.54 Å². The molecule has 0 heterocycles. The summed E-state index contributed by atoms with van der Waals surface area (Å²) < 4.78 is 5.21. The normalized spacial score (nSPS) is 14.7. The lowest BCUT2D eigenvalue weighted by atomic mass is 9.87. The first-order valence-electron chi connectivity index (χ1n) is 5.68. The summed E-state index contributed by atoms with van der Waals surface area (Å²) in [6.07, 6.45) is 0. The number of benzene rings is 1. The highest BCUT2D eigenvalue weighted by Gasteiger charge is 2.33. The molecule has 0 aliphatic rings. The second-order valence-corrected chi connectivity index (χ2v) is 4.91. The molecule has 0 aliphatic heterocycles. The van der Waals surface area contributed by atoms with Crippen molar-refractivity contribution < 1.29 is 9.84 Å². The van der Waals surface area contributed by atoms with Crippen LogP contribution in [0.15, 0.2) is 24.3 Å². The second kappa shape index (κ2) is 6.24. The molecule has 4 heteroatoms. The van der Waals surface area contributed by atoms with Gasteiger partial charge in [-0.2, -0.15) is 0 Å². The van der Waals surface area contributed by atoms with Crippen LogP contribution in [0.3, 0.4) is 0 Å². The van der Waals surface area contributed by atoms with E-state index in [4.69, 9.17) is 16.3 Å². The van der Waals surface area contributed by atoms with Crippen LogP contribution in [-0.4, -0.2) is 31.0 Å². The van der Waals surface area contributed by atoms with Gasteiger partial charge in [-0.05, 0) is 18.1 Å². The van der Waals surface area contributed by atoms with Gasteiger partial charge in [-0.15, -0.1) is 0 Å². The molecule has 1 atom stereocenters. The van der Waals surface area contributed by atoms with Crippen molar-refractivity contribution in [1.29, 1.82) is 0 Å². The number of anilines is 1. The summed E-state index contributed by atoms with van der Waals surface area (Å²) in [6, 6.07) is 7.49. The number of aliphatic hydroxyl groups excluding tert-OH is 1. The fraction of sp³-hybridized carbons (Fsp3) is 0.538. The third kappa shape index (κ3) is 3.35. The van der Waals surface area contributed by atoms with E-state index in [1.807, 2.05) is 38.1 Å². The number of methoxy groups -OCH3 is 1. The molecule has 17 heavy (non-hydrogen) atoms. The number of ether oxygens (including phenoxy) is 1. The standard InChI is InChI=1S/C13H20ClNO2/c1-10(2)13(8-16,9-17-3)15-12-7-5-4-6-11(12)14/h4-7,10,15-16H,8-9H2,1-3H3. The monoisotopic (exact) mass is 257 g/mol. The Morgan fingerprint density at radius 3 is 2.53 bits per heavy atom. The van der Waals surface area contributed by atoms with Gasteiger partial charge in [-0.3, -0.25) is 0 Å². The molecule has 1 aromatic rings. The summed E-state index contributed by atoms with van der Waals surface area (Å²) in [4.78, 5) is 0. The first kappa shape index (κ1) is 14.3. The van der Waals surface area contributed by atoms with Crippen molar-refractivity contribution in [3.8, 4) is 0 Å². The van der Waals surface area contributed by atoms with E-state index >= 15 is 0 Å². The van der Waals surface area contributed by atoms with Crippen LogP contribution in [0.4, 0.5) is 5.69 Å². The Balaban J connectivity index is 2.97. The Kier molecular flexibility index (Phi) is 5.25. The van der Waals surface area contributed by atoms with Crippen LogP contribution < -0.4 is 5.32 Å². The molecule has 1 unspecified atom stereocenters. The average Bonchev–Trinajstić information content (AvgIpc) is 2.31. The highest BCUT2D eigenvalue weighted by Crippen LogP contribution is 2.28. The minimum Gasteiger partial charge on any atom is -0.394 e. The van der Waals surface area contributed by atoms with Crippen LogP contribution in [-0.2, 0) is 4.74 Å². The van der Waals surface area contributed by atoms with Crippen molar-refractivity contribution in [2.24, 2.45) is 5.92 Å². The predicted molar refractivity (Wildman–Crippen MR) is 71.6 cm³/mol. The molecule has 1 aromatic carbocycles. The highest BCUT2D eigenvalue weighted by atomic mass is 35.5. The highest BCUT2D eigenvalue weighted by molar-refractivity contribution is 6.33. The zero-order valence-electron chi connectivity index (χ0n) is 10.5. The molecule has 1 rings (SSSR count). The number of nitrogens with one attached hydrogen (secondary N) is 1. The first-order chi connectivity index (χ1) is 8.05. The molecule has 0 aromatic heterocycles. The second-order valence-electron chi connectivity index (χ2n) is 4.51. The van der Waals surface area contributed by atoms with Gasteiger partial charge in [0.05, 0.1) is 29.5 Å². The SMILES string of the molecule is COCC(CO)(Nc1ccccc1Cl)C(C)C. The van der Waals surface area contributed by atoms with Gasteiger partial charge in [-0.1, -0.05) is 37.6 Å². The summed E-state index contributed by atoms with van der Waals surface area (Å²) in [5.74, 6) is 0.212. The average molecular weight is 258 g/mol. The van der Waals surface area contributed by atoms with Crippen molar-refractivity contribution in [2.45, 2.75) is 19.4 Å². The number of aliphatic hydroxyl groups is 1. The molecule has 0 aliphatic carbocycles. The smallest absolute Gasteiger partial charge is 0.0860 e. The number of para-hydroxylation sites is 1. The van der Waals surface area contributed by atoms with Crippen LogP contribution >= 0.6 is 11.6 Å². The van der Waals surface area contributed by atoms with Gasteiger partial charge >= 0.3 is 0 Å². The van der Waals surface area contributed by atoms with E-state index in [9.17, 15) is 5.11 Å². The first-order valence-corrected chi connectivity index (χ1v) is 6.06. The van der Waals surface area contributed by atoms with E-state index in [2.05, 4.69) is 5.32 Å². The minimum atomic E-state index is -0.514. The van der Waals surface area contributed by atoms with Gasteiger partial charge in [0.1, 0.15) is 0 Å². The Hall–Kier alpha value is -0.770. The predicted octanol–water partition coefficient (Wildman–Crippen LogP) is 2.79. The van der Waals surface area contributed by atoms with Gasteiger partial charge in [0.25, 0.3) is 0 Å². The topological polar surface area (TPSA) is 41.5 Å². The number of hydrogen-bond donors (Lipinski definition) is 2. The van der Waals surface area contributed by atoms with E-state index in [0.717, 1.165) is 5.69 Å². The fourth-order valence-corrected chi connectivity index (χ4v) is 1.89. The van der Waals surface area contributed by atoms with Crippen molar-refractivity contribution in [2.75, 3.05) is 25.6 Å². The molecule has 0 radical (unpaired) electrons. The summed E-state index contributed by atoms with van der Waals surface area (Å²) in [7, 11) is 1.63. The molecule has 0 bridgehead atoms. The maximum Gasteiger partial charge on any atom is 0.0860 e. The van der Waals surface area contributed by atoms with Crippen LogP contribution in [0.25, 0.3) is 0 Å². The number of halogens is 1. The largest absolute Gasteiger partial charge is 0.394 e. The maximum absolute atomic E-state index is 9.64. The van der Waals surface area contributed by atoms with Crippen LogP contribution in [0.5, 0.6) is 0 Å². The fourth-order valence-electron chi connectivity index (χ4n) is 1.70. The van der Waals surface area contributed by atoms with E-state index in [-0.39, 0.29) is 12.5 Å². The lowest BCUT2D eigenvalue weighted by Crippen LogP contribution is -2.51. The summed E-state index contributed by atoms with van der Waals surface area (Å²) >= 11 is 6.11. The zero-order chi connectivity index (χ0) is 12.9. The molecule has 0 spiro atoms. The lowest BCUT2D eigenvalue weighted by molar-refractivity contribution is 0.0724. The molecule has 96 valence electrons. The Labute approximate surface area is 108 Å². The van der Waals surface area contributed by atoms with Crippen LogP contribution in [0.1, 0.15) is 13.8 Å². The van der Waals surface area contributed by atoms with E-state index in [1.54, 1.807) is 7.11 Å². The summed E-state index contributed by atoms with van der Waals surface area (Å²) in [6.45, 7) is 4.49.